The van der Waals surface area contributed by atoms with Crippen molar-refractivity contribution in [3.63, 3.8) is 0 Å². The normalized spacial score (nSPS) is 18.7. The summed E-state index contributed by atoms with van der Waals surface area (Å²) in [5, 5.41) is 9.36. The van der Waals surface area contributed by atoms with Crippen LogP contribution < -0.4 is 0 Å². The molecule has 0 aromatic carbocycles. The van der Waals surface area contributed by atoms with Gasteiger partial charge in [0.1, 0.15) is 0 Å². The Labute approximate surface area is 318 Å². The van der Waals surface area contributed by atoms with E-state index in [0.29, 0.717) is 5.75 Å². The fourth-order valence-electron chi connectivity index (χ4n) is 8.34. The number of hydrogen-bond acceptors (Lipinski definition) is 16. The maximum Gasteiger partial charge on any atom is 0.312 e. The van der Waals surface area contributed by atoms with Crippen LogP contribution in [0, 0.1) is 38.4 Å². The lowest BCUT2D eigenvalue weighted by molar-refractivity contribution is -0.172. The van der Waals surface area contributed by atoms with Gasteiger partial charge in [-0.05, 0) is 80.1 Å². The lowest BCUT2D eigenvalue weighted by Gasteiger charge is -2.45. The molecule has 0 saturated carbocycles. The lowest BCUT2D eigenvalue weighted by Crippen LogP contribution is -2.50. The molecular formula is C37H62O15S. The monoisotopic (exact) mass is 778 g/mol. The zero-order chi connectivity index (χ0) is 41.6. The summed E-state index contributed by atoms with van der Waals surface area (Å²) in [6.07, 6.45) is -1.48. The van der Waals surface area contributed by atoms with Crippen molar-refractivity contribution in [2.24, 2.45) is 38.4 Å². The Kier molecular flexibility index (Phi) is 19.0. The summed E-state index contributed by atoms with van der Waals surface area (Å²) in [6, 6.07) is 0. The molecule has 53 heavy (non-hydrogen) atoms. The Hall–Kier alpha value is -3.40. The molecule has 0 aromatic heterocycles. The molecule has 7 atom stereocenters. The Morgan fingerprint density at radius 1 is 0.472 bits per heavy atom. The summed E-state index contributed by atoms with van der Waals surface area (Å²) in [5.74, 6) is -5.39. The topological polar surface area (TPSA) is 204 Å². The smallest absolute Gasteiger partial charge is 0.312 e. The van der Waals surface area contributed by atoms with Crippen LogP contribution in [0.5, 0.6) is 0 Å². The Morgan fingerprint density at radius 2 is 0.736 bits per heavy atom. The second-order valence-corrected chi connectivity index (χ2v) is 16.7. The van der Waals surface area contributed by atoms with Crippen molar-refractivity contribution in [2.45, 2.75) is 87.0 Å². The second kappa shape index (κ2) is 20.3. The van der Waals surface area contributed by atoms with E-state index < -0.39 is 80.2 Å². The number of aliphatic hydroxyl groups is 1. The third kappa shape index (κ3) is 12.6. The van der Waals surface area contributed by atoms with Crippen molar-refractivity contribution >= 4 is 53.5 Å². The highest BCUT2D eigenvalue weighted by atomic mass is 32.2. The minimum atomic E-state index is -1.69. The maximum atomic E-state index is 13.9. The molecule has 7 unspecified atom stereocenters. The summed E-state index contributed by atoms with van der Waals surface area (Å²) in [4.78, 5) is 94.0. The minimum absolute atomic E-state index is 0.0826. The predicted octanol–water partition coefficient (Wildman–Crippen LogP) is 3.94. The standard InChI is InChI=1S/C37H62O15S/c1-24(25(39)46-8)17-32(2,26(40)47-9)18-33(3,27(41)48-10)19-34(4,28(42)49-11)20-35(5,29(43)50-12)21-36(6,30(44)51-13)22-37(7,31(45)52-14)23-53-16-15-38/h24,38H,15-23H2,1-14H3. The molecule has 0 amide bonds. The van der Waals surface area contributed by atoms with Crippen molar-refractivity contribution < 1.29 is 71.8 Å². The fraction of sp³-hybridized carbons (Fsp3) is 0.811. The first-order valence-electron chi connectivity index (χ1n) is 17.1. The van der Waals surface area contributed by atoms with Crippen molar-refractivity contribution in [3.05, 3.63) is 0 Å². The number of ether oxygens (including phenoxy) is 7. The molecule has 0 aliphatic rings. The van der Waals surface area contributed by atoms with Gasteiger partial charge in [-0.15, -0.1) is 0 Å². The maximum absolute atomic E-state index is 13.9. The molecule has 0 bridgehead atoms. The molecule has 1 N–H and O–H groups in total. The van der Waals surface area contributed by atoms with Gasteiger partial charge in [-0.3, -0.25) is 33.6 Å². The van der Waals surface area contributed by atoms with Gasteiger partial charge in [-0.2, -0.15) is 11.8 Å². The van der Waals surface area contributed by atoms with Crippen LogP contribution in [-0.2, 0) is 66.7 Å². The van der Waals surface area contributed by atoms with E-state index in [-0.39, 0.29) is 50.9 Å². The lowest BCUT2D eigenvalue weighted by atomic mass is 9.58. The van der Waals surface area contributed by atoms with Gasteiger partial charge in [0, 0.05) is 11.5 Å². The number of thioether (sulfide) groups is 1. The zero-order valence-corrected chi connectivity index (χ0v) is 34.8. The van der Waals surface area contributed by atoms with Gasteiger partial charge in [0.05, 0.1) is 94.8 Å². The molecule has 0 fully saturated rings. The summed E-state index contributed by atoms with van der Waals surface area (Å²) in [5.41, 5.74) is -9.31. The van der Waals surface area contributed by atoms with Gasteiger partial charge in [0.15, 0.2) is 0 Å². The zero-order valence-electron chi connectivity index (χ0n) is 34.0. The number of rotatable bonds is 23. The molecule has 0 aromatic rings. The molecule has 306 valence electrons. The van der Waals surface area contributed by atoms with Crippen LogP contribution in [0.25, 0.3) is 0 Å². The van der Waals surface area contributed by atoms with Gasteiger partial charge in [-0.1, -0.05) is 6.92 Å². The number of methoxy groups -OCH3 is 7. The van der Waals surface area contributed by atoms with E-state index in [9.17, 15) is 38.7 Å². The van der Waals surface area contributed by atoms with E-state index in [1.54, 1.807) is 13.8 Å². The van der Waals surface area contributed by atoms with Crippen LogP contribution in [0.4, 0.5) is 0 Å². The highest BCUT2D eigenvalue weighted by Gasteiger charge is 2.57. The Morgan fingerprint density at radius 3 is 1.02 bits per heavy atom. The van der Waals surface area contributed by atoms with Gasteiger partial charge in [0.2, 0.25) is 0 Å². The SMILES string of the molecule is COC(=O)C(C)CC(C)(CC(C)(CC(C)(CC(C)(CC(C)(CC(C)(CSCCO)C(=O)OC)C(=O)OC)C(=O)OC)C(=O)OC)C(=O)OC)C(=O)OC. The summed E-state index contributed by atoms with van der Waals surface area (Å²) >= 11 is 1.28. The number of hydrogen-bond donors (Lipinski definition) is 1. The first-order chi connectivity index (χ1) is 24.3. The van der Waals surface area contributed by atoms with Crippen LogP contribution in [0.3, 0.4) is 0 Å². The van der Waals surface area contributed by atoms with Crippen molar-refractivity contribution in [1.29, 1.82) is 0 Å². The summed E-state index contributed by atoms with van der Waals surface area (Å²) in [7, 11) is 8.22. The molecule has 16 heteroatoms. The Bertz CT molecular complexity index is 1320. The van der Waals surface area contributed by atoms with Crippen LogP contribution >= 0.6 is 11.8 Å². The van der Waals surface area contributed by atoms with E-state index in [1.807, 2.05) is 0 Å². The molecule has 0 radical (unpaired) electrons. The number of carbonyl (C=O) groups excluding carboxylic acids is 7. The molecule has 0 aliphatic carbocycles. The first kappa shape index (κ1) is 49.6. The molecule has 0 aliphatic heterocycles. The average Bonchev–Trinajstić information content (AvgIpc) is 3.11. The molecule has 0 rings (SSSR count). The number of carbonyl (C=O) groups is 7. The minimum Gasteiger partial charge on any atom is -0.469 e. The highest BCUT2D eigenvalue weighted by molar-refractivity contribution is 7.99. The van der Waals surface area contributed by atoms with Crippen molar-refractivity contribution in [1.82, 2.24) is 0 Å². The largest absolute Gasteiger partial charge is 0.469 e. The van der Waals surface area contributed by atoms with Crippen LogP contribution in [0.2, 0.25) is 0 Å². The number of esters is 7. The van der Waals surface area contributed by atoms with E-state index in [1.165, 1.54) is 74.8 Å². The van der Waals surface area contributed by atoms with Gasteiger partial charge >= 0.3 is 41.8 Å². The average molecular weight is 779 g/mol. The summed E-state index contributed by atoms with van der Waals surface area (Å²) in [6.45, 7) is 10.6. The molecular weight excluding hydrogens is 716 g/mol. The van der Waals surface area contributed by atoms with Crippen LogP contribution in [-0.4, -0.2) is 115 Å². The third-order valence-electron chi connectivity index (χ3n) is 9.99. The molecule has 0 saturated heterocycles. The van der Waals surface area contributed by atoms with E-state index in [4.69, 9.17) is 33.2 Å². The van der Waals surface area contributed by atoms with Gasteiger partial charge in [-0.25, -0.2) is 0 Å². The molecule has 0 spiro atoms. The first-order valence-corrected chi connectivity index (χ1v) is 18.3. The predicted molar refractivity (Wildman–Crippen MR) is 194 cm³/mol. The van der Waals surface area contributed by atoms with Crippen molar-refractivity contribution in [2.75, 3.05) is 67.9 Å². The number of aliphatic hydroxyl groups excluding tert-OH is 1. The fourth-order valence-corrected chi connectivity index (χ4v) is 9.29. The van der Waals surface area contributed by atoms with Crippen LogP contribution in [0.1, 0.15) is 87.0 Å². The van der Waals surface area contributed by atoms with Gasteiger partial charge in [0.25, 0.3) is 0 Å². The van der Waals surface area contributed by atoms with E-state index in [0.717, 1.165) is 21.3 Å². The van der Waals surface area contributed by atoms with Gasteiger partial charge < -0.3 is 38.3 Å². The highest BCUT2D eigenvalue weighted by Crippen LogP contribution is 2.54. The van der Waals surface area contributed by atoms with E-state index >= 15 is 0 Å². The Balaban J connectivity index is 7.51. The van der Waals surface area contributed by atoms with E-state index in [2.05, 4.69) is 0 Å². The quantitative estimate of drug-likeness (QED) is 0.0886. The van der Waals surface area contributed by atoms with Crippen molar-refractivity contribution in [3.8, 4) is 0 Å². The summed E-state index contributed by atoms with van der Waals surface area (Å²) < 4.78 is 36.0. The van der Waals surface area contributed by atoms with Crippen LogP contribution in [0.15, 0.2) is 0 Å². The molecule has 0 heterocycles. The second-order valence-electron chi connectivity index (χ2n) is 15.6. The molecule has 15 nitrogen and oxygen atoms in total. The third-order valence-corrected chi connectivity index (χ3v) is 11.3.